The van der Waals surface area contributed by atoms with Crippen LogP contribution in [-0.2, 0) is 11.2 Å². The van der Waals surface area contributed by atoms with Crippen LogP contribution in [-0.4, -0.2) is 54.1 Å². The largest absolute Gasteiger partial charge is 0.339 e. The summed E-state index contributed by atoms with van der Waals surface area (Å²) in [5.74, 6) is -0.154. The van der Waals surface area contributed by atoms with Gasteiger partial charge in [-0.25, -0.2) is 4.39 Å². The molecule has 3 aromatic carbocycles. The minimum Gasteiger partial charge on any atom is -0.339 e. The molecule has 1 aliphatic carbocycles. The fraction of sp³-hybridized carbons (Fsp3) is 0.393. The molecule has 1 atom stereocenters. The second-order valence-electron chi connectivity index (χ2n) is 10.1. The van der Waals surface area contributed by atoms with E-state index in [1.54, 1.807) is 12.1 Å². The normalized spacial score (nSPS) is 20.9. The van der Waals surface area contributed by atoms with Crippen molar-refractivity contribution in [3.63, 3.8) is 0 Å². The molecule has 0 radical (unpaired) electrons. The molecule has 2 fully saturated rings. The van der Waals surface area contributed by atoms with E-state index in [0.29, 0.717) is 32.2 Å². The van der Waals surface area contributed by atoms with Crippen LogP contribution in [0.5, 0.6) is 0 Å². The Labute approximate surface area is 209 Å². The van der Waals surface area contributed by atoms with E-state index >= 15 is 0 Å². The van der Waals surface area contributed by atoms with Crippen LogP contribution in [0, 0.1) is 5.82 Å². The zero-order valence-corrected chi connectivity index (χ0v) is 20.2. The monoisotopic (exact) mass is 484 g/mol. The first-order valence-corrected chi connectivity index (χ1v) is 12.7. The van der Waals surface area contributed by atoms with Crippen molar-refractivity contribution in [2.45, 2.75) is 37.3 Å². The molecule has 1 amide bonds. The van der Waals surface area contributed by atoms with Crippen molar-refractivity contribution < 1.29 is 9.18 Å². The van der Waals surface area contributed by atoms with Crippen molar-refractivity contribution in [1.82, 2.24) is 9.80 Å². The zero-order chi connectivity index (χ0) is 24.7. The lowest BCUT2D eigenvalue weighted by Gasteiger charge is -2.45. The lowest BCUT2D eigenvalue weighted by atomic mass is 9.84. The highest BCUT2D eigenvalue weighted by Gasteiger charge is 2.54. The van der Waals surface area contributed by atoms with Gasteiger partial charge in [-0.2, -0.15) is 0 Å². The molecule has 0 saturated carbocycles. The molecule has 1 spiro atoms. The molecule has 2 saturated heterocycles. The lowest BCUT2D eigenvalue weighted by Crippen LogP contribution is -2.57. The molecule has 3 aliphatic rings. The number of azide groups is 1. The van der Waals surface area contributed by atoms with E-state index in [1.807, 2.05) is 4.90 Å². The molecule has 6 rings (SSSR count). The van der Waals surface area contributed by atoms with E-state index in [-0.39, 0.29) is 11.7 Å². The van der Waals surface area contributed by atoms with Crippen LogP contribution < -0.4 is 4.90 Å². The van der Waals surface area contributed by atoms with Crippen LogP contribution in [0.4, 0.5) is 10.1 Å². The van der Waals surface area contributed by atoms with Gasteiger partial charge in [0.05, 0.1) is 6.67 Å². The summed E-state index contributed by atoms with van der Waals surface area (Å²) in [4.78, 5) is 23.2. The Morgan fingerprint density at radius 3 is 2.56 bits per heavy atom. The van der Waals surface area contributed by atoms with Gasteiger partial charge in [-0.3, -0.25) is 9.69 Å². The van der Waals surface area contributed by atoms with Gasteiger partial charge in [-0.05, 0) is 77.4 Å². The van der Waals surface area contributed by atoms with Gasteiger partial charge in [0.25, 0.3) is 0 Å². The highest BCUT2D eigenvalue weighted by atomic mass is 19.1. The van der Waals surface area contributed by atoms with Crippen LogP contribution in [0.1, 0.15) is 36.4 Å². The van der Waals surface area contributed by atoms with Crippen LogP contribution in [0.15, 0.2) is 65.8 Å². The standard InChI is InChI=1S/C28H29FN6O/c29-22-8-10-23(11-9-22)35-19-34(15-3-14-31-32-30)27(36)28(35)12-16-33(17-13-28)25-18-21-6-1-4-20-5-2-7-24(25)26(20)21/h1-2,4-11,25H,3,12-19H2. The van der Waals surface area contributed by atoms with Gasteiger partial charge < -0.3 is 9.80 Å². The van der Waals surface area contributed by atoms with Gasteiger partial charge in [0.15, 0.2) is 0 Å². The van der Waals surface area contributed by atoms with Crippen molar-refractivity contribution in [1.29, 1.82) is 0 Å². The Balaban J connectivity index is 1.25. The summed E-state index contributed by atoms with van der Waals surface area (Å²) in [5.41, 5.74) is 11.6. The lowest BCUT2D eigenvalue weighted by molar-refractivity contribution is -0.133. The summed E-state index contributed by atoms with van der Waals surface area (Å²) in [6.45, 7) is 3.03. The number of likely N-dealkylation sites (tertiary alicyclic amines) is 1. The minimum atomic E-state index is -0.635. The van der Waals surface area contributed by atoms with Crippen molar-refractivity contribution in [3.05, 3.63) is 88.1 Å². The topological polar surface area (TPSA) is 75.6 Å². The minimum absolute atomic E-state index is 0.129. The highest BCUT2D eigenvalue weighted by Crippen LogP contribution is 2.45. The van der Waals surface area contributed by atoms with Gasteiger partial charge in [0.1, 0.15) is 11.4 Å². The van der Waals surface area contributed by atoms with Crippen molar-refractivity contribution in [2.24, 2.45) is 5.11 Å². The van der Waals surface area contributed by atoms with Crippen LogP contribution in [0.25, 0.3) is 21.2 Å². The Hall–Kier alpha value is -3.61. The predicted molar refractivity (Wildman–Crippen MR) is 138 cm³/mol. The van der Waals surface area contributed by atoms with Crippen LogP contribution in [0.2, 0.25) is 0 Å². The molecule has 2 aliphatic heterocycles. The maximum Gasteiger partial charge on any atom is 0.250 e. The molecule has 7 nitrogen and oxygen atoms in total. The third-order valence-electron chi connectivity index (χ3n) is 8.26. The number of benzene rings is 3. The van der Waals surface area contributed by atoms with E-state index in [1.165, 1.54) is 34.0 Å². The molecule has 8 heteroatoms. The van der Waals surface area contributed by atoms with Crippen molar-refractivity contribution >= 4 is 22.4 Å². The van der Waals surface area contributed by atoms with Crippen LogP contribution in [0.3, 0.4) is 0 Å². The van der Waals surface area contributed by atoms with Gasteiger partial charge in [-0.15, -0.1) is 0 Å². The second kappa shape index (κ2) is 9.12. The first-order chi connectivity index (χ1) is 17.6. The number of nitrogens with zero attached hydrogens (tertiary/aromatic N) is 6. The number of hydrogen-bond donors (Lipinski definition) is 0. The molecule has 2 heterocycles. The molecule has 0 aromatic heterocycles. The second-order valence-corrected chi connectivity index (χ2v) is 10.1. The Kier molecular flexibility index (Phi) is 5.78. The first kappa shape index (κ1) is 22.8. The molecular weight excluding hydrogens is 455 g/mol. The number of carbonyl (C=O) groups is 1. The van der Waals surface area contributed by atoms with Crippen molar-refractivity contribution in [2.75, 3.05) is 37.7 Å². The summed E-state index contributed by atoms with van der Waals surface area (Å²) < 4.78 is 13.7. The SMILES string of the molecule is [N-]=[N+]=NCCCN1CN(c2ccc(F)cc2)C2(CCN(C3Cc4cccc5cccc3c45)CC2)C1=O. The maximum absolute atomic E-state index is 13.8. The molecule has 0 bridgehead atoms. The third-order valence-corrected chi connectivity index (χ3v) is 8.26. The van der Waals surface area contributed by atoms with E-state index in [2.05, 4.69) is 56.2 Å². The van der Waals surface area contributed by atoms with Gasteiger partial charge >= 0.3 is 0 Å². The van der Waals surface area contributed by atoms with Crippen LogP contribution >= 0.6 is 0 Å². The summed E-state index contributed by atoms with van der Waals surface area (Å²) in [6.07, 6.45) is 3.07. The molecule has 1 unspecified atom stereocenters. The summed E-state index contributed by atoms with van der Waals surface area (Å²) >= 11 is 0. The van der Waals surface area contributed by atoms with Gasteiger partial charge in [-0.1, -0.05) is 41.5 Å². The smallest absolute Gasteiger partial charge is 0.250 e. The summed E-state index contributed by atoms with van der Waals surface area (Å²) in [6, 6.07) is 20.0. The molecule has 184 valence electrons. The predicted octanol–water partition coefficient (Wildman–Crippen LogP) is 5.42. The number of carbonyl (C=O) groups excluding carboxylic acids is 1. The number of anilines is 1. The molecule has 36 heavy (non-hydrogen) atoms. The molecular formula is C28H29FN6O. The van der Waals surface area contributed by atoms with E-state index in [4.69, 9.17) is 5.53 Å². The van der Waals surface area contributed by atoms with Crippen molar-refractivity contribution in [3.8, 4) is 0 Å². The average Bonchev–Trinajstić information content (AvgIpc) is 3.41. The number of piperidine rings is 1. The van der Waals surface area contributed by atoms with E-state index in [0.717, 1.165) is 38.0 Å². The number of halogens is 1. The first-order valence-electron chi connectivity index (χ1n) is 12.7. The fourth-order valence-corrected chi connectivity index (χ4v) is 6.51. The zero-order valence-electron chi connectivity index (χ0n) is 20.2. The van der Waals surface area contributed by atoms with Gasteiger partial charge in [0, 0.05) is 42.8 Å². The number of amides is 1. The summed E-state index contributed by atoms with van der Waals surface area (Å²) in [7, 11) is 0. The Morgan fingerprint density at radius 2 is 1.81 bits per heavy atom. The van der Waals surface area contributed by atoms with E-state index in [9.17, 15) is 9.18 Å². The van der Waals surface area contributed by atoms with E-state index < -0.39 is 5.54 Å². The number of hydrogen-bond acceptors (Lipinski definition) is 4. The average molecular weight is 485 g/mol. The Bertz CT molecular complexity index is 1340. The fourth-order valence-electron chi connectivity index (χ4n) is 6.51. The van der Waals surface area contributed by atoms with Gasteiger partial charge in [0.2, 0.25) is 5.91 Å². The molecule has 3 aromatic rings. The highest BCUT2D eigenvalue weighted by molar-refractivity contribution is 5.94. The number of rotatable bonds is 6. The molecule has 0 N–H and O–H groups in total. The third kappa shape index (κ3) is 3.69. The summed E-state index contributed by atoms with van der Waals surface area (Å²) in [5, 5.41) is 6.30. The Morgan fingerprint density at radius 1 is 1.06 bits per heavy atom. The maximum atomic E-state index is 13.8. The quantitative estimate of drug-likeness (QED) is 0.203.